The molecule has 0 atom stereocenters. The Morgan fingerprint density at radius 2 is 1.21 bits per heavy atom. The molecule has 0 aliphatic rings. The topological polar surface area (TPSA) is 43.8 Å². The summed E-state index contributed by atoms with van der Waals surface area (Å²) in [7, 11) is 5.00. The van der Waals surface area contributed by atoms with Crippen molar-refractivity contribution >= 4 is 21.7 Å². The van der Waals surface area contributed by atoms with Gasteiger partial charge in [-0.05, 0) is 63.5 Å². The van der Waals surface area contributed by atoms with E-state index in [0.717, 1.165) is 38.8 Å². The zero-order chi connectivity index (χ0) is 19.9. The van der Waals surface area contributed by atoms with Crippen LogP contribution in [-0.4, -0.2) is 26.3 Å². The molecule has 0 saturated heterocycles. The molecule has 28 heavy (non-hydrogen) atoms. The molecule has 0 aliphatic carbocycles. The minimum Gasteiger partial charge on any atom is -0.497 e. The summed E-state index contributed by atoms with van der Waals surface area (Å²) in [6.07, 6.45) is 0. The molecule has 0 unspecified atom stereocenters. The lowest BCUT2D eigenvalue weighted by Crippen LogP contribution is -2.24. The molecule has 1 aromatic heterocycles. The number of hydrogen-bond donors (Lipinski definition) is 0. The minimum absolute atomic E-state index is 0.676. The molecule has 6 heteroatoms. The number of benzene rings is 2. The monoisotopic (exact) mass is 442 g/mol. The first-order valence-corrected chi connectivity index (χ1v) is 9.63. The molecule has 0 fully saturated rings. The van der Waals surface area contributed by atoms with E-state index in [1.54, 1.807) is 21.3 Å². The third-order valence-electron chi connectivity index (χ3n) is 4.39. The Balaban J connectivity index is 1.93. The van der Waals surface area contributed by atoms with Gasteiger partial charge in [0, 0.05) is 13.1 Å². The number of ether oxygens (including phenoxy) is 3. The van der Waals surface area contributed by atoms with Gasteiger partial charge < -0.3 is 19.1 Å². The maximum absolute atomic E-state index is 5.56. The van der Waals surface area contributed by atoms with Crippen molar-refractivity contribution in [1.29, 1.82) is 0 Å². The molecule has 0 amide bonds. The quantitative estimate of drug-likeness (QED) is 0.455. The first-order chi connectivity index (χ1) is 13.6. The zero-order valence-electron chi connectivity index (χ0n) is 16.2. The molecular formula is C22H23BrN2O3. The number of anilines is 1. The van der Waals surface area contributed by atoms with Crippen LogP contribution in [0.1, 0.15) is 11.1 Å². The van der Waals surface area contributed by atoms with Gasteiger partial charge in [-0.1, -0.05) is 24.3 Å². The van der Waals surface area contributed by atoms with Gasteiger partial charge in [-0.2, -0.15) is 0 Å². The van der Waals surface area contributed by atoms with Crippen LogP contribution in [0.5, 0.6) is 17.2 Å². The van der Waals surface area contributed by atoms with Gasteiger partial charge in [-0.25, -0.2) is 4.98 Å². The fraction of sp³-hybridized carbons (Fsp3) is 0.227. The normalized spacial score (nSPS) is 10.4. The standard InChI is InChI=1S/C22H23BrN2O3/c1-26-18-8-4-16(5-9-18)14-25(15-17-6-10-19(27-2)11-7-17)22-20(28-3)12-13-21(23)24-22/h4-13H,14-15H2,1-3H3. The van der Waals surface area contributed by atoms with Crippen molar-refractivity contribution in [3.8, 4) is 17.2 Å². The predicted molar refractivity (Wildman–Crippen MR) is 114 cm³/mol. The maximum Gasteiger partial charge on any atom is 0.173 e. The van der Waals surface area contributed by atoms with Crippen LogP contribution in [0.2, 0.25) is 0 Å². The smallest absolute Gasteiger partial charge is 0.173 e. The molecule has 1 heterocycles. The predicted octanol–water partition coefficient (Wildman–Crippen LogP) is 5.08. The van der Waals surface area contributed by atoms with Gasteiger partial charge >= 0.3 is 0 Å². The maximum atomic E-state index is 5.56. The Bertz CT molecular complexity index is 849. The average Bonchev–Trinajstić information content (AvgIpc) is 2.74. The molecular weight excluding hydrogens is 420 g/mol. The van der Waals surface area contributed by atoms with Crippen LogP contribution < -0.4 is 19.1 Å². The first-order valence-electron chi connectivity index (χ1n) is 8.84. The summed E-state index contributed by atoms with van der Waals surface area (Å²) in [4.78, 5) is 6.86. The summed E-state index contributed by atoms with van der Waals surface area (Å²) >= 11 is 3.48. The third kappa shape index (κ3) is 4.95. The van der Waals surface area contributed by atoms with E-state index in [4.69, 9.17) is 14.2 Å². The molecule has 0 bridgehead atoms. The Kier molecular flexibility index (Phi) is 6.76. The zero-order valence-corrected chi connectivity index (χ0v) is 17.8. The summed E-state index contributed by atoms with van der Waals surface area (Å²) in [5.74, 6) is 3.18. The van der Waals surface area contributed by atoms with Crippen LogP contribution in [0.15, 0.2) is 65.3 Å². The summed E-state index contributed by atoms with van der Waals surface area (Å²) in [5, 5.41) is 0. The van der Waals surface area contributed by atoms with Crippen LogP contribution in [0.25, 0.3) is 0 Å². The SMILES string of the molecule is COc1ccc(CN(Cc2ccc(OC)cc2)c2nc(Br)ccc2OC)cc1. The number of pyridine rings is 1. The van der Waals surface area contributed by atoms with E-state index in [1.165, 1.54) is 0 Å². The van der Waals surface area contributed by atoms with E-state index in [9.17, 15) is 0 Å². The first kappa shape index (κ1) is 20.0. The van der Waals surface area contributed by atoms with Crippen molar-refractivity contribution in [2.24, 2.45) is 0 Å². The van der Waals surface area contributed by atoms with Gasteiger partial charge in [-0.3, -0.25) is 0 Å². The van der Waals surface area contributed by atoms with Crippen molar-refractivity contribution in [3.63, 3.8) is 0 Å². The van der Waals surface area contributed by atoms with Gasteiger partial charge in [-0.15, -0.1) is 0 Å². The summed E-state index contributed by atoms with van der Waals surface area (Å²) in [6, 6.07) is 19.9. The van der Waals surface area contributed by atoms with E-state index in [0.29, 0.717) is 13.1 Å². The Labute approximate surface area is 174 Å². The summed E-state index contributed by atoms with van der Waals surface area (Å²) in [5.41, 5.74) is 2.30. The number of halogens is 1. The number of nitrogens with zero attached hydrogens (tertiary/aromatic N) is 2. The lowest BCUT2D eigenvalue weighted by Gasteiger charge is -2.26. The van der Waals surface area contributed by atoms with Crippen LogP contribution >= 0.6 is 15.9 Å². The molecule has 3 rings (SSSR count). The third-order valence-corrected chi connectivity index (χ3v) is 4.83. The highest BCUT2D eigenvalue weighted by Gasteiger charge is 2.16. The summed E-state index contributed by atoms with van der Waals surface area (Å²) in [6.45, 7) is 1.35. The Morgan fingerprint density at radius 1 is 0.714 bits per heavy atom. The molecule has 0 radical (unpaired) electrons. The largest absolute Gasteiger partial charge is 0.497 e. The van der Waals surface area contributed by atoms with Gasteiger partial charge in [0.15, 0.2) is 11.6 Å². The van der Waals surface area contributed by atoms with Crippen molar-refractivity contribution in [3.05, 3.63) is 76.4 Å². The van der Waals surface area contributed by atoms with E-state index >= 15 is 0 Å². The second-order valence-electron chi connectivity index (χ2n) is 6.21. The van der Waals surface area contributed by atoms with E-state index in [1.807, 2.05) is 36.4 Å². The van der Waals surface area contributed by atoms with Crippen LogP contribution in [0.3, 0.4) is 0 Å². The second-order valence-corrected chi connectivity index (χ2v) is 7.02. The Hall–Kier alpha value is -2.73. The fourth-order valence-electron chi connectivity index (χ4n) is 2.91. The second kappa shape index (κ2) is 9.46. The van der Waals surface area contributed by atoms with Gasteiger partial charge in [0.1, 0.15) is 16.1 Å². The number of rotatable bonds is 8. The van der Waals surface area contributed by atoms with Crippen LogP contribution in [0, 0.1) is 0 Å². The van der Waals surface area contributed by atoms with Crippen molar-refractivity contribution in [2.75, 3.05) is 26.2 Å². The van der Waals surface area contributed by atoms with E-state index < -0.39 is 0 Å². The molecule has 3 aromatic rings. The van der Waals surface area contributed by atoms with Gasteiger partial charge in [0.2, 0.25) is 0 Å². The number of hydrogen-bond acceptors (Lipinski definition) is 5. The van der Waals surface area contributed by atoms with Crippen LogP contribution in [-0.2, 0) is 13.1 Å². The highest BCUT2D eigenvalue weighted by atomic mass is 79.9. The molecule has 2 aromatic carbocycles. The lowest BCUT2D eigenvalue weighted by atomic mass is 10.1. The van der Waals surface area contributed by atoms with E-state index in [2.05, 4.69) is 50.1 Å². The number of methoxy groups -OCH3 is 3. The minimum atomic E-state index is 0.676. The van der Waals surface area contributed by atoms with Gasteiger partial charge in [0.25, 0.3) is 0 Å². The molecule has 146 valence electrons. The summed E-state index contributed by atoms with van der Waals surface area (Å²) < 4.78 is 16.9. The highest BCUT2D eigenvalue weighted by Crippen LogP contribution is 2.31. The van der Waals surface area contributed by atoms with Crippen LogP contribution in [0.4, 0.5) is 5.82 Å². The fourth-order valence-corrected chi connectivity index (χ4v) is 3.21. The van der Waals surface area contributed by atoms with Gasteiger partial charge in [0.05, 0.1) is 21.3 Å². The van der Waals surface area contributed by atoms with Crippen molar-refractivity contribution in [2.45, 2.75) is 13.1 Å². The molecule has 0 saturated carbocycles. The highest BCUT2D eigenvalue weighted by molar-refractivity contribution is 9.10. The Morgan fingerprint density at radius 3 is 1.64 bits per heavy atom. The van der Waals surface area contributed by atoms with E-state index in [-0.39, 0.29) is 0 Å². The molecule has 0 aliphatic heterocycles. The van der Waals surface area contributed by atoms with Crippen molar-refractivity contribution in [1.82, 2.24) is 4.98 Å². The molecule has 0 N–H and O–H groups in total. The van der Waals surface area contributed by atoms with Crippen molar-refractivity contribution < 1.29 is 14.2 Å². The average molecular weight is 443 g/mol. The lowest BCUT2D eigenvalue weighted by molar-refractivity contribution is 0.411. The molecule has 0 spiro atoms. The number of aromatic nitrogens is 1. The molecule has 5 nitrogen and oxygen atoms in total.